The highest BCUT2D eigenvalue weighted by molar-refractivity contribution is 5.86. The summed E-state index contributed by atoms with van der Waals surface area (Å²) in [6.07, 6.45) is 0.521. The van der Waals surface area contributed by atoms with Crippen molar-refractivity contribution in [2.45, 2.75) is 32.8 Å². The van der Waals surface area contributed by atoms with E-state index in [2.05, 4.69) is 10.5 Å². The standard InChI is InChI=1S/C15H20N2O3/c1-3-10(2)13(18)9-16-15(19)8-12-11-6-4-5-7-14(11)20-17-12/h4-7,10,13,18H,3,8-9H2,1-2H3,(H,16,19). The molecule has 2 N–H and O–H groups in total. The number of aliphatic hydroxyl groups is 1. The molecule has 108 valence electrons. The molecule has 0 bridgehead atoms. The topological polar surface area (TPSA) is 75.4 Å². The van der Waals surface area contributed by atoms with Crippen molar-refractivity contribution >= 4 is 16.9 Å². The van der Waals surface area contributed by atoms with Crippen molar-refractivity contribution < 1.29 is 14.4 Å². The molecule has 2 atom stereocenters. The molecule has 0 saturated carbocycles. The Morgan fingerprint density at radius 3 is 2.95 bits per heavy atom. The number of hydrogen-bond donors (Lipinski definition) is 2. The second-order valence-electron chi connectivity index (χ2n) is 5.06. The van der Waals surface area contributed by atoms with Crippen LogP contribution in [0.2, 0.25) is 0 Å². The van der Waals surface area contributed by atoms with E-state index in [0.717, 1.165) is 11.8 Å². The van der Waals surface area contributed by atoms with Gasteiger partial charge in [0.25, 0.3) is 0 Å². The maximum absolute atomic E-state index is 11.9. The van der Waals surface area contributed by atoms with Gasteiger partial charge >= 0.3 is 0 Å². The number of para-hydroxylation sites is 1. The van der Waals surface area contributed by atoms with Crippen molar-refractivity contribution in [3.63, 3.8) is 0 Å². The molecule has 0 spiro atoms. The number of nitrogens with zero attached hydrogens (tertiary/aromatic N) is 1. The smallest absolute Gasteiger partial charge is 0.226 e. The number of hydrogen-bond acceptors (Lipinski definition) is 4. The normalized spacial score (nSPS) is 14.2. The van der Waals surface area contributed by atoms with E-state index in [-0.39, 0.29) is 24.8 Å². The van der Waals surface area contributed by atoms with Crippen molar-refractivity contribution in [1.29, 1.82) is 0 Å². The Bertz CT molecular complexity index is 579. The zero-order valence-electron chi connectivity index (χ0n) is 11.8. The van der Waals surface area contributed by atoms with Gasteiger partial charge in [-0.1, -0.05) is 37.6 Å². The van der Waals surface area contributed by atoms with Gasteiger partial charge in [0.1, 0.15) is 5.69 Å². The Labute approximate surface area is 118 Å². The quantitative estimate of drug-likeness (QED) is 0.845. The fourth-order valence-corrected chi connectivity index (χ4v) is 1.97. The lowest BCUT2D eigenvalue weighted by Crippen LogP contribution is -2.36. The highest BCUT2D eigenvalue weighted by Gasteiger charge is 2.15. The molecule has 20 heavy (non-hydrogen) atoms. The maximum Gasteiger partial charge on any atom is 0.226 e. The van der Waals surface area contributed by atoms with Crippen LogP contribution in [-0.4, -0.2) is 28.8 Å². The van der Waals surface area contributed by atoms with Gasteiger partial charge in [-0.2, -0.15) is 0 Å². The zero-order valence-corrected chi connectivity index (χ0v) is 11.8. The fraction of sp³-hybridized carbons (Fsp3) is 0.467. The molecular formula is C15H20N2O3. The highest BCUT2D eigenvalue weighted by Crippen LogP contribution is 2.18. The third-order valence-corrected chi connectivity index (χ3v) is 3.59. The molecule has 1 amide bonds. The van der Waals surface area contributed by atoms with Gasteiger partial charge < -0.3 is 14.9 Å². The molecule has 5 heteroatoms. The van der Waals surface area contributed by atoms with Gasteiger partial charge in [0.2, 0.25) is 5.91 Å². The lowest BCUT2D eigenvalue weighted by Gasteiger charge is -2.17. The third-order valence-electron chi connectivity index (χ3n) is 3.59. The summed E-state index contributed by atoms with van der Waals surface area (Å²) < 4.78 is 5.15. The van der Waals surface area contributed by atoms with E-state index >= 15 is 0 Å². The van der Waals surface area contributed by atoms with Crippen LogP contribution >= 0.6 is 0 Å². The summed E-state index contributed by atoms with van der Waals surface area (Å²) in [6, 6.07) is 7.44. The van der Waals surface area contributed by atoms with Crippen LogP contribution in [0.5, 0.6) is 0 Å². The Hall–Kier alpha value is -1.88. The van der Waals surface area contributed by atoms with E-state index in [1.54, 1.807) is 0 Å². The highest BCUT2D eigenvalue weighted by atomic mass is 16.5. The molecule has 2 unspecified atom stereocenters. The summed E-state index contributed by atoms with van der Waals surface area (Å²) in [7, 11) is 0. The van der Waals surface area contributed by atoms with Crippen LogP contribution in [0.15, 0.2) is 28.8 Å². The average Bonchev–Trinajstić information content (AvgIpc) is 2.87. The van der Waals surface area contributed by atoms with Crippen LogP contribution in [0.1, 0.15) is 26.0 Å². The van der Waals surface area contributed by atoms with E-state index in [9.17, 15) is 9.90 Å². The van der Waals surface area contributed by atoms with Crippen molar-refractivity contribution in [2.75, 3.05) is 6.54 Å². The summed E-state index contributed by atoms with van der Waals surface area (Å²) in [5, 5.41) is 17.3. The van der Waals surface area contributed by atoms with Crippen LogP contribution < -0.4 is 5.32 Å². The number of rotatable bonds is 6. The first-order valence-corrected chi connectivity index (χ1v) is 6.89. The van der Waals surface area contributed by atoms with Gasteiger partial charge in [-0.25, -0.2) is 0 Å². The monoisotopic (exact) mass is 276 g/mol. The Kier molecular flexibility index (Phi) is 4.74. The number of aromatic nitrogens is 1. The average molecular weight is 276 g/mol. The first-order valence-electron chi connectivity index (χ1n) is 6.89. The molecule has 1 aromatic heterocycles. The molecule has 0 aliphatic carbocycles. The van der Waals surface area contributed by atoms with Crippen molar-refractivity contribution in [2.24, 2.45) is 5.92 Å². The number of aliphatic hydroxyl groups excluding tert-OH is 1. The largest absolute Gasteiger partial charge is 0.391 e. The SMILES string of the molecule is CCC(C)C(O)CNC(=O)Cc1noc2ccccc12. The zero-order chi connectivity index (χ0) is 14.5. The first-order chi connectivity index (χ1) is 9.61. The summed E-state index contributed by atoms with van der Waals surface area (Å²) in [5.41, 5.74) is 1.30. The van der Waals surface area contributed by atoms with E-state index in [1.165, 1.54) is 0 Å². The number of carbonyl (C=O) groups excluding carboxylic acids is 1. The Morgan fingerprint density at radius 1 is 1.45 bits per heavy atom. The molecule has 0 aliphatic heterocycles. The fourth-order valence-electron chi connectivity index (χ4n) is 1.97. The predicted octanol–water partition coefficient (Wildman–Crippen LogP) is 1.89. The molecular weight excluding hydrogens is 256 g/mol. The number of fused-ring (bicyclic) bond motifs is 1. The number of benzene rings is 1. The molecule has 5 nitrogen and oxygen atoms in total. The minimum absolute atomic E-state index is 0.157. The lowest BCUT2D eigenvalue weighted by molar-refractivity contribution is -0.121. The van der Waals surface area contributed by atoms with Crippen LogP contribution in [-0.2, 0) is 11.2 Å². The molecule has 0 radical (unpaired) electrons. The lowest BCUT2D eigenvalue weighted by atomic mass is 10.0. The third kappa shape index (κ3) is 3.36. The summed E-state index contributed by atoms with van der Waals surface area (Å²) >= 11 is 0. The molecule has 2 aromatic rings. The minimum atomic E-state index is -0.516. The molecule has 0 aliphatic rings. The predicted molar refractivity (Wildman–Crippen MR) is 76.2 cm³/mol. The van der Waals surface area contributed by atoms with E-state index in [1.807, 2.05) is 38.1 Å². The van der Waals surface area contributed by atoms with Gasteiger partial charge in [-0.3, -0.25) is 4.79 Å². The molecule has 0 saturated heterocycles. The second kappa shape index (κ2) is 6.52. The van der Waals surface area contributed by atoms with Crippen molar-refractivity contribution in [1.82, 2.24) is 10.5 Å². The number of amides is 1. The summed E-state index contributed by atoms with van der Waals surface area (Å²) in [4.78, 5) is 11.9. The summed E-state index contributed by atoms with van der Waals surface area (Å²) in [5.74, 6) is 0.00888. The first kappa shape index (κ1) is 14.5. The van der Waals surface area contributed by atoms with Crippen LogP contribution in [0.3, 0.4) is 0 Å². The Balaban J connectivity index is 1.92. The van der Waals surface area contributed by atoms with Gasteiger partial charge in [0, 0.05) is 11.9 Å². The minimum Gasteiger partial charge on any atom is -0.391 e. The molecule has 0 fully saturated rings. The van der Waals surface area contributed by atoms with Gasteiger partial charge in [-0.05, 0) is 18.1 Å². The van der Waals surface area contributed by atoms with Crippen molar-refractivity contribution in [3.8, 4) is 0 Å². The van der Waals surface area contributed by atoms with Gasteiger partial charge in [0.15, 0.2) is 5.58 Å². The molecule has 1 aromatic carbocycles. The summed E-state index contributed by atoms with van der Waals surface area (Å²) in [6.45, 7) is 4.24. The van der Waals surface area contributed by atoms with Crippen LogP contribution in [0, 0.1) is 5.92 Å². The number of nitrogens with one attached hydrogen (secondary N) is 1. The molecule has 2 rings (SSSR count). The maximum atomic E-state index is 11.9. The number of carbonyl (C=O) groups is 1. The van der Waals surface area contributed by atoms with Crippen LogP contribution in [0.4, 0.5) is 0 Å². The van der Waals surface area contributed by atoms with Gasteiger partial charge in [-0.15, -0.1) is 0 Å². The van der Waals surface area contributed by atoms with Crippen LogP contribution in [0.25, 0.3) is 11.0 Å². The van der Waals surface area contributed by atoms with E-state index in [0.29, 0.717) is 11.3 Å². The van der Waals surface area contributed by atoms with Gasteiger partial charge in [0.05, 0.1) is 12.5 Å². The molecule has 1 heterocycles. The van der Waals surface area contributed by atoms with E-state index in [4.69, 9.17) is 4.52 Å². The Morgan fingerprint density at radius 2 is 2.20 bits per heavy atom. The van der Waals surface area contributed by atoms with Crippen molar-refractivity contribution in [3.05, 3.63) is 30.0 Å². The van der Waals surface area contributed by atoms with E-state index < -0.39 is 6.10 Å². The second-order valence-corrected chi connectivity index (χ2v) is 5.06.